The summed E-state index contributed by atoms with van der Waals surface area (Å²) >= 11 is 0. The third-order valence-electron chi connectivity index (χ3n) is 3.32. The Bertz CT molecular complexity index is 401. The van der Waals surface area contributed by atoms with E-state index in [1.807, 2.05) is 37.8 Å². The van der Waals surface area contributed by atoms with E-state index in [0.717, 1.165) is 0 Å². The number of aryl methyl sites for hydroxylation is 1. The summed E-state index contributed by atoms with van der Waals surface area (Å²) in [6.45, 7) is 9.34. The molecule has 0 bridgehead atoms. The van der Waals surface area contributed by atoms with Crippen LogP contribution in [0.1, 0.15) is 31.9 Å². The Balaban J connectivity index is 2.80. The third kappa shape index (κ3) is 3.57. The van der Waals surface area contributed by atoms with Crippen molar-refractivity contribution in [3.05, 3.63) is 35.4 Å². The van der Waals surface area contributed by atoms with Crippen LogP contribution in [0.15, 0.2) is 24.3 Å². The molecule has 0 aromatic heterocycles. The first-order valence-corrected chi connectivity index (χ1v) is 6.56. The number of nitrogens with zero attached hydrogens (tertiary/aromatic N) is 1. The van der Waals surface area contributed by atoms with Crippen LogP contribution >= 0.6 is 0 Å². The van der Waals surface area contributed by atoms with E-state index in [1.54, 1.807) is 0 Å². The second-order valence-corrected chi connectivity index (χ2v) is 5.05. The molecular weight excluding hydrogens is 224 g/mol. The summed E-state index contributed by atoms with van der Waals surface area (Å²) in [5.74, 6) is 0.208. The zero-order valence-corrected chi connectivity index (χ0v) is 11.8. The highest BCUT2D eigenvalue weighted by Gasteiger charge is 2.22. The van der Waals surface area contributed by atoms with Crippen molar-refractivity contribution in [3.8, 4) is 0 Å². The molecule has 1 amide bonds. The van der Waals surface area contributed by atoms with Gasteiger partial charge in [0.2, 0.25) is 5.91 Å². The standard InChI is InChI=1S/C15H24N2O/c1-5-17(15(18)14(16)11(2)3)10-13-9-7-6-8-12(13)4/h6-9,11,14H,5,10,16H2,1-4H3/t14-/m1/s1. The highest BCUT2D eigenvalue weighted by Crippen LogP contribution is 2.12. The van der Waals surface area contributed by atoms with Crippen molar-refractivity contribution < 1.29 is 4.79 Å². The van der Waals surface area contributed by atoms with E-state index in [0.29, 0.717) is 13.1 Å². The van der Waals surface area contributed by atoms with Gasteiger partial charge in [0.05, 0.1) is 6.04 Å². The quantitative estimate of drug-likeness (QED) is 0.869. The van der Waals surface area contributed by atoms with Gasteiger partial charge >= 0.3 is 0 Å². The lowest BCUT2D eigenvalue weighted by Crippen LogP contribution is -2.46. The first kappa shape index (κ1) is 14.7. The largest absolute Gasteiger partial charge is 0.337 e. The van der Waals surface area contributed by atoms with Gasteiger partial charge in [-0.25, -0.2) is 0 Å². The molecule has 0 saturated heterocycles. The van der Waals surface area contributed by atoms with Crippen molar-refractivity contribution in [2.75, 3.05) is 6.54 Å². The predicted octanol–water partition coefficient (Wildman–Crippen LogP) is 2.33. The lowest BCUT2D eigenvalue weighted by molar-refractivity contribution is -0.134. The molecule has 3 heteroatoms. The summed E-state index contributed by atoms with van der Waals surface area (Å²) in [5, 5.41) is 0. The molecule has 0 fully saturated rings. The summed E-state index contributed by atoms with van der Waals surface area (Å²) in [7, 11) is 0. The fraction of sp³-hybridized carbons (Fsp3) is 0.533. The maximum Gasteiger partial charge on any atom is 0.240 e. The van der Waals surface area contributed by atoms with E-state index in [9.17, 15) is 4.79 Å². The van der Waals surface area contributed by atoms with Crippen LogP contribution in [-0.4, -0.2) is 23.4 Å². The van der Waals surface area contributed by atoms with Gasteiger partial charge in [-0.3, -0.25) is 4.79 Å². The zero-order chi connectivity index (χ0) is 13.7. The molecule has 0 aliphatic carbocycles. The number of rotatable bonds is 5. The van der Waals surface area contributed by atoms with Crippen molar-refractivity contribution in [2.24, 2.45) is 11.7 Å². The van der Waals surface area contributed by atoms with Crippen molar-refractivity contribution >= 4 is 5.91 Å². The second kappa shape index (κ2) is 6.55. The Labute approximate surface area is 110 Å². The Kier molecular flexibility index (Phi) is 5.35. The van der Waals surface area contributed by atoms with E-state index in [2.05, 4.69) is 19.1 Å². The third-order valence-corrected chi connectivity index (χ3v) is 3.32. The van der Waals surface area contributed by atoms with Gasteiger partial charge in [-0.15, -0.1) is 0 Å². The number of carbonyl (C=O) groups excluding carboxylic acids is 1. The maximum absolute atomic E-state index is 12.2. The summed E-state index contributed by atoms with van der Waals surface area (Å²) in [5.41, 5.74) is 8.33. The van der Waals surface area contributed by atoms with Crippen LogP contribution in [-0.2, 0) is 11.3 Å². The molecule has 18 heavy (non-hydrogen) atoms. The van der Waals surface area contributed by atoms with Crippen molar-refractivity contribution in [1.29, 1.82) is 0 Å². The van der Waals surface area contributed by atoms with Gasteiger partial charge < -0.3 is 10.6 Å². The molecule has 2 N–H and O–H groups in total. The van der Waals surface area contributed by atoms with Gasteiger partial charge in [-0.05, 0) is 30.9 Å². The van der Waals surface area contributed by atoms with Crippen molar-refractivity contribution in [1.82, 2.24) is 4.90 Å². The summed E-state index contributed by atoms with van der Waals surface area (Å²) in [4.78, 5) is 14.1. The Hall–Kier alpha value is -1.35. The zero-order valence-electron chi connectivity index (χ0n) is 11.8. The average molecular weight is 248 g/mol. The van der Waals surface area contributed by atoms with Crippen LogP contribution in [0.2, 0.25) is 0 Å². The van der Waals surface area contributed by atoms with Gasteiger partial charge in [-0.1, -0.05) is 38.1 Å². The molecule has 1 rings (SSSR count). The van der Waals surface area contributed by atoms with E-state index >= 15 is 0 Å². The Morgan fingerprint density at radius 3 is 2.44 bits per heavy atom. The minimum Gasteiger partial charge on any atom is -0.337 e. The van der Waals surface area contributed by atoms with Crippen LogP contribution in [0, 0.1) is 12.8 Å². The molecule has 1 atom stereocenters. The molecule has 0 radical (unpaired) electrons. The molecule has 0 heterocycles. The van der Waals surface area contributed by atoms with Gasteiger partial charge in [0, 0.05) is 13.1 Å². The lowest BCUT2D eigenvalue weighted by Gasteiger charge is -2.26. The summed E-state index contributed by atoms with van der Waals surface area (Å²) < 4.78 is 0. The van der Waals surface area contributed by atoms with Crippen molar-refractivity contribution in [3.63, 3.8) is 0 Å². The summed E-state index contributed by atoms with van der Waals surface area (Å²) in [6, 6.07) is 7.73. The SMILES string of the molecule is CCN(Cc1ccccc1C)C(=O)[C@H](N)C(C)C. The topological polar surface area (TPSA) is 46.3 Å². The highest BCUT2D eigenvalue weighted by molar-refractivity contribution is 5.81. The van der Waals surface area contributed by atoms with Crippen LogP contribution in [0.25, 0.3) is 0 Å². The fourth-order valence-corrected chi connectivity index (χ4v) is 1.83. The number of amides is 1. The number of hydrogen-bond donors (Lipinski definition) is 1. The average Bonchev–Trinajstić information content (AvgIpc) is 2.36. The molecule has 0 saturated carbocycles. The second-order valence-electron chi connectivity index (χ2n) is 5.05. The van der Waals surface area contributed by atoms with Crippen LogP contribution < -0.4 is 5.73 Å². The Morgan fingerprint density at radius 2 is 1.94 bits per heavy atom. The fourth-order valence-electron chi connectivity index (χ4n) is 1.83. The maximum atomic E-state index is 12.2. The molecule has 1 aromatic carbocycles. The number of likely N-dealkylation sites (N-methyl/N-ethyl adjacent to an activating group) is 1. The van der Waals surface area contributed by atoms with E-state index in [1.165, 1.54) is 11.1 Å². The van der Waals surface area contributed by atoms with Gasteiger partial charge in [0.1, 0.15) is 0 Å². The molecule has 1 aromatic rings. The lowest BCUT2D eigenvalue weighted by atomic mass is 10.0. The molecule has 0 spiro atoms. The number of hydrogen-bond acceptors (Lipinski definition) is 2. The minimum atomic E-state index is -0.408. The van der Waals surface area contributed by atoms with Crippen LogP contribution in [0.3, 0.4) is 0 Å². The number of benzene rings is 1. The van der Waals surface area contributed by atoms with Crippen LogP contribution in [0.4, 0.5) is 0 Å². The molecule has 0 aliphatic heterocycles. The monoisotopic (exact) mass is 248 g/mol. The normalized spacial score (nSPS) is 12.6. The summed E-state index contributed by atoms with van der Waals surface area (Å²) in [6.07, 6.45) is 0. The molecule has 3 nitrogen and oxygen atoms in total. The smallest absolute Gasteiger partial charge is 0.240 e. The molecule has 100 valence electrons. The number of carbonyl (C=O) groups is 1. The number of nitrogens with two attached hydrogens (primary N) is 1. The Morgan fingerprint density at radius 1 is 1.33 bits per heavy atom. The van der Waals surface area contributed by atoms with Crippen LogP contribution in [0.5, 0.6) is 0 Å². The first-order chi connectivity index (χ1) is 8.47. The van der Waals surface area contributed by atoms with E-state index in [-0.39, 0.29) is 11.8 Å². The van der Waals surface area contributed by atoms with Gasteiger partial charge in [0.15, 0.2) is 0 Å². The van der Waals surface area contributed by atoms with E-state index in [4.69, 9.17) is 5.73 Å². The molecular formula is C15H24N2O. The van der Waals surface area contributed by atoms with Gasteiger partial charge in [0.25, 0.3) is 0 Å². The predicted molar refractivity (Wildman–Crippen MR) is 75.1 cm³/mol. The van der Waals surface area contributed by atoms with Crippen molar-refractivity contribution in [2.45, 2.75) is 40.3 Å². The molecule has 0 unspecified atom stereocenters. The minimum absolute atomic E-state index is 0.0377. The van der Waals surface area contributed by atoms with E-state index < -0.39 is 6.04 Å². The first-order valence-electron chi connectivity index (χ1n) is 6.56. The molecule has 0 aliphatic rings. The highest BCUT2D eigenvalue weighted by atomic mass is 16.2. The van der Waals surface area contributed by atoms with Gasteiger partial charge in [-0.2, -0.15) is 0 Å².